The SMILES string of the molecule is O=COC(=O)c1cn(C2CC2)c2cc(N3CC4=C(CNC4)C3)c(F)cc2c1=O. The van der Waals surface area contributed by atoms with Gasteiger partial charge in [-0.3, -0.25) is 9.59 Å². The number of pyridine rings is 1. The first-order valence-corrected chi connectivity index (χ1v) is 9.25. The molecule has 0 unspecified atom stereocenters. The number of benzene rings is 1. The van der Waals surface area contributed by atoms with Gasteiger partial charge in [0.2, 0.25) is 5.43 Å². The number of rotatable bonds is 4. The number of fused-ring (bicyclic) bond motifs is 1. The zero-order valence-corrected chi connectivity index (χ0v) is 15.0. The molecule has 5 rings (SSSR count). The summed E-state index contributed by atoms with van der Waals surface area (Å²) in [7, 11) is 0. The van der Waals surface area contributed by atoms with Gasteiger partial charge in [-0.05, 0) is 36.1 Å². The normalized spacial score (nSPS) is 18.7. The molecule has 0 radical (unpaired) electrons. The van der Waals surface area contributed by atoms with E-state index in [-0.39, 0.29) is 23.5 Å². The van der Waals surface area contributed by atoms with E-state index in [2.05, 4.69) is 10.1 Å². The van der Waals surface area contributed by atoms with E-state index in [1.807, 2.05) is 9.47 Å². The Morgan fingerprint density at radius 3 is 2.57 bits per heavy atom. The van der Waals surface area contributed by atoms with E-state index in [4.69, 9.17) is 0 Å². The monoisotopic (exact) mass is 383 g/mol. The number of ether oxygens (including phenoxy) is 1. The molecule has 0 amide bonds. The van der Waals surface area contributed by atoms with Crippen molar-refractivity contribution < 1.29 is 18.7 Å². The molecule has 1 N–H and O–H groups in total. The molecule has 1 fully saturated rings. The first kappa shape index (κ1) is 17.1. The zero-order valence-electron chi connectivity index (χ0n) is 15.0. The number of hydrogen-bond acceptors (Lipinski definition) is 6. The molecule has 1 aliphatic carbocycles. The van der Waals surface area contributed by atoms with Crippen molar-refractivity contribution >= 4 is 29.0 Å². The number of carbonyl (C=O) groups is 2. The largest absolute Gasteiger partial charge is 0.392 e. The number of esters is 1. The van der Waals surface area contributed by atoms with Gasteiger partial charge in [-0.1, -0.05) is 0 Å². The summed E-state index contributed by atoms with van der Waals surface area (Å²) >= 11 is 0. The third kappa shape index (κ3) is 2.63. The predicted octanol–water partition coefficient (Wildman–Crippen LogP) is 1.51. The first-order valence-electron chi connectivity index (χ1n) is 9.25. The molecule has 3 heterocycles. The van der Waals surface area contributed by atoms with Crippen LogP contribution < -0.4 is 15.6 Å². The van der Waals surface area contributed by atoms with Crippen molar-refractivity contribution in [2.24, 2.45) is 0 Å². The topological polar surface area (TPSA) is 80.6 Å². The summed E-state index contributed by atoms with van der Waals surface area (Å²) in [6.45, 7) is 2.99. The van der Waals surface area contributed by atoms with Crippen molar-refractivity contribution in [1.82, 2.24) is 9.88 Å². The van der Waals surface area contributed by atoms with Gasteiger partial charge in [0.1, 0.15) is 11.4 Å². The van der Waals surface area contributed by atoms with E-state index in [1.54, 1.807) is 6.07 Å². The molecule has 2 aliphatic heterocycles. The van der Waals surface area contributed by atoms with Crippen LogP contribution in [0.3, 0.4) is 0 Å². The van der Waals surface area contributed by atoms with Gasteiger partial charge in [0.15, 0.2) is 0 Å². The van der Waals surface area contributed by atoms with Crippen LogP contribution >= 0.6 is 0 Å². The zero-order chi connectivity index (χ0) is 19.4. The number of halogens is 1. The average Bonchev–Trinajstić information content (AvgIpc) is 3.28. The van der Waals surface area contributed by atoms with E-state index in [1.165, 1.54) is 23.4 Å². The number of anilines is 1. The van der Waals surface area contributed by atoms with Gasteiger partial charge in [-0.2, -0.15) is 0 Å². The van der Waals surface area contributed by atoms with E-state index in [0.29, 0.717) is 24.3 Å². The molecular formula is C20H18FN3O4. The van der Waals surface area contributed by atoms with Gasteiger partial charge >= 0.3 is 12.4 Å². The third-order valence-corrected chi connectivity index (χ3v) is 5.70. The maximum Gasteiger partial charge on any atom is 0.351 e. The smallest absolute Gasteiger partial charge is 0.351 e. The molecule has 1 aromatic carbocycles. The van der Waals surface area contributed by atoms with Crippen molar-refractivity contribution in [1.29, 1.82) is 0 Å². The second kappa shape index (κ2) is 6.27. The molecule has 144 valence electrons. The summed E-state index contributed by atoms with van der Waals surface area (Å²) in [6, 6.07) is 3.05. The third-order valence-electron chi connectivity index (χ3n) is 5.70. The van der Waals surface area contributed by atoms with Crippen LogP contribution in [0.1, 0.15) is 29.2 Å². The molecule has 8 heteroatoms. The van der Waals surface area contributed by atoms with Crippen LogP contribution in [-0.4, -0.2) is 43.2 Å². The summed E-state index contributed by atoms with van der Waals surface area (Å²) in [5.74, 6) is -1.52. The highest BCUT2D eigenvalue weighted by Gasteiger charge is 2.30. The highest BCUT2D eigenvalue weighted by atomic mass is 19.1. The second-order valence-electron chi connectivity index (χ2n) is 7.50. The Balaban J connectivity index is 1.64. The second-order valence-corrected chi connectivity index (χ2v) is 7.50. The van der Waals surface area contributed by atoms with Crippen LogP contribution in [0.2, 0.25) is 0 Å². The summed E-state index contributed by atoms with van der Waals surface area (Å²) in [4.78, 5) is 37.2. The Morgan fingerprint density at radius 2 is 1.93 bits per heavy atom. The highest BCUT2D eigenvalue weighted by molar-refractivity contribution is 5.97. The lowest BCUT2D eigenvalue weighted by Gasteiger charge is -2.22. The Kier molecular flexibility index (Phi) is 3.83. The number of nitrogens with one attached hydrogen (secondary N) is 1. The molecule has 2 aromatic rings. The van der Waals surface area contributed by atoms with Crippen molar-refractivity contribution in [2.45, 2.75) is 18.9 Å². The molecule has 3 aliphatic rings. The van der Waals surface area contributed by atoms with E-state index in [0.717, 1.165) is 25.9 Å². The summed E-state index contributed by atoms with van der Waals surface area (Å²) < 4.78 is 21.1. The van der Waals surface area contributed by atoms with Crippen molar-refractivity contribution in [3.63, 3.8) is 0 Å². The number of nitrogens with zero attached hydrogens (tertiary/aromatic N) is 2. The van der Waals surface area contributed by atoms with Crippen molar-refractivity contribution in [2.75, 3.05) is 31.1 Å². The first-order chi connectivity index (χ1) is 13.6. The molecule has 0 bridgehead atoms. The van der Waals surface area contributed by atoms with Crippen LogP contribution in [0, 0.1) is 5.82 Å². The van der Waals surface area contributed by atoms with Gasteiger partial charge < -0.3 is 19.5 Å². The fraction of sp³-hybridized carbons (Fsp3) is 0.350. The minimum atomic E-state index is -1.02. The fourth-order valence-electron chi connectivity index (χ4n) is 4.15. The fourth-order valence-corrected chi connectivity index (χ4v) is 4.15. The van der Waals surface area contributed by atoms with Gasteiger partial charge in [-0.15, -0.1) is 0 Å². The molecule has 1 saturated carbocycles. The quantitative estimate of drug-likeness (QED) is 0.373. The van der Waals surface area contributed by atoms with Crippen molar-refractivity contribution in [3.05, 3.63) is 51.1 Å². The Morgan fingerprint density at radius 1 is 1.21 bits per heavy atom. The average molecular weight is 383 g/mol. The van der Waals surface area contributed by atoms with Crippen LogP contribution in [0.4, 0.5) is 10.1 Å². The molecule has 28 heavy (non-hydrogen) atoms. The summed E-state index contributed by atoms with van der Waals surface area (Å²) in [6.07, 6.45) is 3.26. The number of hydrogen-bond donors (Lipinski definition) is 1. The molecule has 0 atom stereocenters. The van der Waals surface area contributed by atoms with Crippen molar-refractivity contribution in [3.8, 4) is 0 Å². The van der Waals surface area contributed by atoms with Crippen LogP contribution in [0.15, 0.2) is 34.3 Å². The molecule has 0 saturated heterocycles. The Labute approximate surface area is 159 Å². The summed E-state index contributed by atoms with van der Waals surface area (Å²) in [5.41, 5.74) is 2.76. The minimum absolute atomic E-state index is 0.00838. The lowest BCUT2D eigenvalue weighted by atomic mass is 10.1. The predicted molar refractivity (Wildman–Crippen MR) is 100 cm³/mol. The lowest BCUT2D eigenvalue weighted by molar-refractivity contribution is -0.123. The molecule has 0 spiro atoms. The van der Waals surface area contributed by atoms with Gasteiger partial charge in [0.25, 0.3) is 0 Å². The van der Waals surface area contributed by atoms with E-state index >= 15 is 0 Å². The van der Waals surface area contributed by atoms with Crippen LogP contribution in [0.5, 0.6) is 0 Å². The summed E-state index contributed by atoms with van der Waals surface area (Å²) in [5, 5.41) is 3.42. The van der Waals surface area contributed by atoms with Crippen LogP contribution in [0.25, 0.3) is 10.9 Å². The minimum Gasteiger partial charge on any atom is -0.392 e. The van der Waals surface area contributed by atoms with Gasteiger partial charge in [-0.25, -0.2) is 9.18 Å². The van der Waals surface area contributed by atoms with Crippen LogP contribution in [-0.2, 0) is 9.53 Å². The van der Waals surface area contributed by atoms with Gasteiger partial charge in [0.05, 0.1) is 11.2 Å². The van der Waals surface area contributed by atoms with Gasteiger partial charge in [0, 0.05) is 43.8 Å². The molecule has 7 nitrogen and oxygen atoms in total. The Bertz CT molecular complexity index is 1100. The lowest BCUT2D eigenvalue weighted by Crippen LogP contribution is -2.27. The van der Waals surface area contributed by atoms with E-state index < -0.39 is 17.2 Å². The maximum atomic E-state index is 15.0. The highest BCUT2D eigenvalue weighted by Crippen LogP contribution is 2.38. The Hall–Kier alpha value is -3.00. The van der Waals surface area contributed by atoms with E-state index in [9.17, 15) is 18.8 Å². The molecular weight excluding hydrogens is 365 g/mol. The standard InChI is InChI=1S/C20H18FN3O4/c21-16-3-14-17(4-18(16)23-7-11-5-22-6-12(11)8-23)24(13-1-2-13)9-15(19(14)26)20(27)28-10-25/h3-4,9-10,13,22H,1-2,5-8H2. The molecule has 1 aromatic heterocycles. The maximum absolute atomic E-state index is 15.0. The number of carbonyl (C=O) groups excluding carboxylic acids is 2. The number of aromatic nitrogens is 1.